The second-order valence-corrected chi connectivity index (χ2v) is 7.17. The highest BCUT2D eigenvalue weighted by Crippen LogP contribution is 2.34. The summed E-state index contributed by atoms with van der Waals surface area (Å²) in [6, 6.07) is 5.49. The lowest BCUT2D eigenvalue weighted by atomic mass is 10.1. The average molecular weight is 371 g/mol. The Morgan fingerprint density at radius 1 is 1.12 bits per heavy atom. The van der Waals surface area contributed by atoms with Gasteiger partial charge in [-0.15, -0.1) is 0 Å². The molecule has 0 radical (unpaired) electrons. The molecule has 0 bridgehead atoms. The van der Waals surface area contributed by atoms with Crippen LogP contribution in [0, 0.1) is 17.5 Å². The maximum atomic E-state index is 13.9. The zero-order valence-corrected chi connectivity index (χ0v) is 13.7. The number of carbonyl (C=O) groups is 1. The predicted octanol–water partition coefficient (Wildman–Crippen LogP) is 2.64. The standard InChI is InChI=1S/C16H12F3NO4S/c1-24-16(21)10-2-4-12-9(8-10)6-7-20(12)25(22,23)13-5-3-11(17)14(18)15(13)19/h2-5,8H,6-7H2,1H3. The van der Waals surface area contributed by atoms with Crippen LogP contribution >= 0.6 is 0 Å². The van der Waals surface area contributed by atoms with Crippen molar-refractivity contribution in [2.24, 2.45) is 0 Å². The number of benzene rings is 2. The van der Waals surface area contributed by atoms with Gasteiger partial charge in [0.15, 0.2) is 17.5 Å². The molecule has 0 amide bonds. The molecule has 0 fully saturated rings. The number of ether oxygens (including phenoxy) is 1. The van der Waals surface area contributed by atoms with Crippen molar-refractivity contribution in [3.63, 3.8) is 0 Å². The van der Waals surface area contributed by atoms with Crippen molar-refractivity contribution in [3.8, 4) is 0 Å². The molecule has 1 heterocycles. The van der Waals surface area contributed by atoms with E-state index in [1.54, 1.807) is 0 Å². The molecule has 2 aromatic carbocycles. The van der Waals surface area contributed by atoms with Crippen molar-refractivity contribution in [2.45, 2.75) is 11.3 Å². The van der Waals surface area contributed by atoms with Crippen molar-refractivity contribution < 1.29 is 31.1 Å². The van der Waals surface area contributed by atoms with Crippen LogP contribution in [0.3, 0.4) is 0 Å². The lowest BCUT2D eigenvalue weighted by molar-refractivity contribution is 0.0600. The van der Waals surface area contributed by atoms with E-state index < -0.39 is 38.3 Å². The van der Waals surface area contributed by atoms with Gasteiger partial charge in [-0.3, -0.25) is 4.31 Å². The molecule has 0 unspecified atom stereocenters. The zero-order valence-electron chi connectivity index (χ0n) is 12.9. The maximum absolute atomic E-state index is 13.9. The van der Waals surface area contributed by atoms with Gasteiger partial charge in [-0.25, -0.2) is 26.4 Å². The van der Waals surface area contributed by atoms with Crippen molar-refractivity contribution in [2.75, 3.05) is 18.0 Å². The van der Waals surface area contributed by atoms with Gasteiger partial charge in [0, 0.05) is 6.54 Å². The fourth-order valence-corrected chi connectivity index (χ4v) is 4.25. The topological polar surface area (TPSA) is 63.7 Å². The molecular formula is C16H12F3NO4S. The van der Waals surface area contributed by atoms with E-state index in [1.165, 1.54) is 25.3 Å². The number of carbonyl (C=O) groups excluding carboxylic acids is 1. The summed E-state index contributed by atoms with van der Waals surface area (Å²) in [7, 11) is -3.20. The third kappa shape index (κ3) is 2.74. The Kier molecular flexibility index (Phi) is 4.19. The summed E-state index contributed by atoms with van der Waals surface area (Å²) in [5.41, 5.74) is 1.05. The first-order valence-electron chi connectivity index (χ1n) is 7.15. The van der Waals surface area contributed by atoms with Crippen LogP contribution in [-0.2, 0) is 21.2 Å². The molecule has 1 aliphatic heterocycles. The predicted molar refractivity (Wildman–Crippen MR) is 82.3 cm³/mol. The summed E-state index contributed by atoms with van der Waals surface area (Å²) in [5.74, 6) is -5.65. The first-order valence-corrected chi connectivity index (χ1v) is 8.59. The highest BCUT2D eigenvalue weighted by molar-refractivity contribution is 7.92. The second kappa shape index (κ2) is 6.07. The van der Waals surface area contributed by atoms with Gasteiger partial charge >= 0.3 is 5.97 Å². The van der Waals surface area contributed by atoms with Gasteiger partial charge in [0.05, 0.1) is 18.4 Å². The molecule has 0 aromatic heterocycles. The van der Waals surface area contributed by atoms with Gasteiger partial charge < -0.3 is 4.74 Å². The highest BCUT2D eigenvalue weighted by Gasteiger charge is 2.34. The van der Waals surface area contributed by atoms with Gasteiger partial charge in [0.1, 0.15) is 4.90 Å². The monoisotopic (exact) mass is 371 g/mol. The molecule has 2 aromatic rings. The number of methoxy groups -OCH3 is 1. The van der Waals surface area contributed by atoms with Gasteiger partial charge in [-0.1, -0.05) is 0 Å². The van der Waals surface area contributed by atoms with Crippen LogP contribution in [0.15, 0.2) is 35.2 Å². The Morgan fingerprint density at radius 2 is 1.84 bits per heavy atom. The molecule has 0 spiro atoms. The molecule has 9 heteroatoms. The quantitative estimate of drug-likeness (QED) is 0.615. The Balaban J connectivity index is 2.05. The van der Waals surface area contributed by atoms with E-state index in [-0.39, 0.29) is 24.2 Å². The zero-order chi connectivity index (χ0) is 18.4. The number of rotatable bonds is 3. The van der Waals surface area contributed by atoms with E-state index in [0.717, 1.165) is 4.31 Å². The first kappa shape index (κ1) is 17.3. The van der Waals surface area contributed by atoms with Gasteiger partial charge in [-0.05, 0) is 42.3 Å². The molecule has 1 aliphatic rings. The number of nitrogens with zero attached hydrogens (tertiary/aromatic N) is 1. The first-order chi connectivity index (χ1) is 11.8. The lowest BCUT2D eigenvalue weighted by Crippen LogP contribution is -2.30. The summed E-state index contributed by atoms with van der Waals surface area (Å²) >= 11 is 0. The summed E-state index contributed by atoms with van der Waals surface area (Å²) in [4.78, 5) is 10.6. The number of anilines is 1. The number of halogens is 3. The Morgan fingerprint density at radius 3 is 2.52 bits per heavy atom. The van der Waals surface area contributed by atoms with E-state index in [4.69, 9.17) is 0 Å². The van der Waals surface area contributed by atoms with Gasteiger partial charge in [0.2, 0.25) is 0 Å². The Labute approximate surface area is 141 Å². The minimum atomic E-state index is -4.43. The van der Waals surface area contributed by atoms with Crippen molar-refractivity contribution in [3.05, 3.63) is 58.9 Å². The van der Waals surface area contributed by atoms with Crippen LogP contribution in [0.2, 0.25) is 0 Å². The Hall–Kier alpha value is -2.55. The minimum Gasteiger partial charge on any atom is -0.465 e. The van der Waals surface area contributed by atoms with Crippen LogP contribution < -0.4 is 4.31 Å². The van der Waals surface area contributed by atoms with Gasteiger partial charge in [-0.2, -0.15) is 0 Å². The van der Waals surface area contributed by atoms with Gasteiger partial charge in [0.25, 0.3) is 10.0 Å². The van der Waals surface area contributed by atoms with Crippen molar-refractivity contribution >= 4 is 21.7 Å². The van der Waals surface area contributed by atoms with E-state index in [0.29, 0.717) is 17.7 Å². The molecule has 3 rings (SSSR count). The fourth-order valence-electron chi connectivity index (χ4n) is 2.69. The smallest absolute Gasteiger partial charge is 0.337 e. The number of hydrogen-bond donors (Lipinski definition) is 0. The highest BCUT2D eigenvalue weighted by atomic mass is 32.2. The van der Waals surface area contributed by atoms with Crippen LogP contribution in [0.25, 0.3) is 0 Å². The fraction of sp³-hybridized carbons (Fsp3) is 0.188. The normalized spacial score (nSPS) is 13.7. The van der Waals surface area contributed by atoms with Crippen LogP contribution in [0.4, 0.5) is 18.9 Å². The minimum absolute atomic E-state index is 0.0132. The molecule has 0 atom stereocenters. The number of hydrogen-bond acceptors (Lipinski definition) is 4. The third-order valence-electron chi connectivity index (χ3n) is 3.92. The van der Waals surface area contributed by atoms with E-state index in [1.807, 2.05) is 0 Å². The summed E-state index contributed by atoms with van der Waals surface area (Å²) in [6.07, 6.45) is 0.282. The lowest BCUT2D eigenvalue weighted by Gasteiger charge is -2.20. The van der Waals surface area contributed by atoms with Crippen LogP contribution in [0.5, 0.6) is 0 Å². The largest absolute Gasteiger partial charge is 0.465 e. The molecular weight excluding hydrogens is 359 g/mol. The van der Waals surface area contributed by atoms with Crippen LogP contribution in [0.1, 0.15) is 15.9 Å². The molecule has 0 saturated carbocycles. The van der Waals surface area contributed by atoms with E-state index in [2.05, 4.69) is 4.74 Å². The molecule has 25 heavy (non-hydrogen) atoms. The summed E-state index contributed by atoms with van der Waals surface area (Å²) < 4.78 is 71.2. The molecule has 0 aliphatic carbocycles. The summed E-state index contributed by atoms with van der Waals surface area (Å²) in [6.45, 7) is -0.0132. The number of fused-ring (bicyclic) bond motifs is 1. The summed E-state index contributed by atoms with van der Waals surface area (Å²) in [5, 5.41) is 0. The van der Waals surface area contributed by atoms with E-state index >= 15 is 0 Å². The molecule has 5 nitrogen and oxygen atoms in total. The molecule has 0 N–H and O–H groups in total. The van der Waals surface area contributed by atoms with E-state index in [9.17, 15) is 26.4 Å². The van der Waals surface area contributed by atoms with Crippen LogP contribution in [-0.4, -0.2) is 28.0 Å². The number of sulfonamides is 1. The maximum Gasteiger partial charge on any atom is 0.337 e. The molecule has 0 saturated heterocycles. The average Bonchev–Trinajstić information content (AvgIpc) is 3.02. The second-order valence-electron chi connectivity index (χ2n) is 5.34. The van der Waals surface area contributed by atoms with Crippen molar-refractivity contribution in [1.82, 2.24) is 0 Å². The molecule has 132 valence electrons. The van der Waals surface area contributed by atoms with Crippen molar-refractivity contribution in [1.29, 1.82) is 0 Å². The SMILES string of the molecule is COC(=O)c1ccc2c(c1)CCN2S(=O)(=O)c1ccc(F)c(F)c1F. The number of esters is 1. The Bertz CT molecular complexity index is 976. The third-order valence-corrected chi connectivity index (χ3v) is 5.75.